The number of nitrogens with zero attached hydrogens (tertiary/aromatic N) is 1. The molecule has 0 fully saturated rings. The van der Waals surface area contributed by atoms with Crippen LogP contribution in [0.3, 0.4) is 0 Å². The first-order chi connectivity index (χ1) is 18.4. The third-order valence-corrected chi connectivity index (χ3v) is 6.59. The number of ketones is 1. The summed E-state index contributed by atoms with van der Waals surface area (Å²) in [6, 6.07) is 9.35. The maximum atomic E-state index is 13.0. The fraction of sp³-hybridized carbons (Fsp3) is 0.548. The van der Waals surface area contributed by atoms with Gasteiger partial charge in [0.2, 0.25) is 0 Å². The Balaban J connectivity index is 1.90. The van der Waals surface area contributed by atoms with Crippen LogP contribution in [0.1, 0.15) is 101 Å². The molecular formula is C31H43NO7. The Kier molecular flexibility index (Phi) is 12.4. The van der Waals surface area contributed by atoms with E-state index >= 15 is 0 Å². The molecule has 39 heavy (non-hydrogen) atoms. The van der Waals surface area contributed by atoms with Crippen LogP contribution in [-0.4, -0.2) is 36.9 Å². The van der Waals surface area contributed by atoms with Crippen molar-refractivity contribution in [1.82, 2.24) is 0 Å². The molecule has 0 aliphatic carbocycles. The van der Waals surface area contributed by atoms with Crippen LogP contribution in [0.4, 0.5) is 4.79 Å². The van der Waals surface area contributed by atoms with E-state index in [-0.39, 0.29) is 22.6 Å². The Morgan fingerprint density at radius 3 is 2.54 bits per heavy atom. The molecule has 1 aromatic carbocycles. The van der Waals surface area contributed by atoms with E-state index in [2.05, 4.69) is 30.5 Å². The van der Waals surface area contributed by atoms with Crippen LogP contribution in [0, 0.1) is 11.3 Å². The van der Waals surface area contributed by atoms with E-state index in [9.17, 15) is 19.5 Å². The number of amides is 1. The first-order valence-corrected chi connectivity index (χ1v) is 13.6. The number of aliphatic imine (C=N–C) groups is 1. The lowest BCUT2D eigenvalue weighted by Crippen LogP contribution is -2.21. The lowest BCUT2D eigenvalue weighted by atomic mass is 9.93. The van der Waals surface area contributed by atoms with Gasteiger partial charge in [-0.1, -0.05) is 46.8 Å². The Hall–Kier alpha value is -3.42. The summed E-state index contributed by atoms with van der Waals surface area (Å²) in [5.41, 5.74) is 0.229. The Morgan fingerprint density at radius 2 is 1.87 bits per heavy atom. The Morgan fingerprint density at radius 1 is 1.13 bits per heavy atom. The van der Waals surface area contributed by atoms with Crippen molar-refractivity contribution in [2.45, 2.75) is 85.5 Å². The predicted molar refractivity (Wildman–Crippen MR) is 152 cm³/mol. The van der Waals surface area contributed by atoms with E-state index in [1.807, 2.05) is 31.2 Å². The third-order valence-electron chi connectivity index (χ3n) is 6.59. The van der Waals surface area contributed by atoms with Gasteiger partial charge in [0.25, 0.3) is 0 Å². The number of hydrogen-bond acceptors (Lipinski definition) is 7. The monoisotopic (exact) mass is 541 g/mol. The molecule has 0 saturated carbocycles. The van der Waals surface area contributed by atoms with Gasteiger partial charge >= 0.3 is 11.7 Å². The minimum Gasteiger partial charge on any atom is -0.507 e. The lowest BCUT2D eigenvalue weighted by Gasteiger charge is -2.18. The highest BCUT2D eigenvalue weighted by atomic mass is 16.5. The summed E-state index contributed by atoms with van der Waals surface area (Å²) in [5.74, 6) is -0.216. The highest BCUT2D eigenvalue weighted by Crippen LogP contribution is 2.27. The van der Waals surface area contributed by atoms with E-state index in [1.54, 1.807) is 6.92 Å². The summed E-state index contributed by atoms with van der Waals surface area (Å²) in [4.78, 5) is 40.2. The van der Waals surface area contributed by atoms with Crippen molar-refractivity contribution in [1.29, 1.82) is 0 Å². The number of ether oxygens (including phenoxy) is 2. The summed E-state index contributed by atoms with van der Waals surface area (Å²) in [6.07, 6.45) is 5.77. The van der Waals surface area contributed by atoms with E-state index in [1.165, 1.54) is 19.4 Å². The number of aromatic hydroxyl groups is 1. The van der Waals surface area contributed by atoms with Gasteiger partial charge < -0.3 is 19.0 Å². The van der Waals surface area contributed by atoms with E-state index in [4.69, 9.17) is 9.15 Å². The van der Waals surface area contributed by atoms with Crippen molar-refractivity contribution >= 4 is 18.1 Å². The number of methoxy groups -OCH3 is 1. The Bertz CT molecular complexity index is 1180. The molecule has 1 heterocycles. The van der Waals surface area contributed by atoms with Crippen LogP contribution in [-0.2, 0) is 11.2 Å². The van der Waals surface area contributed by atoms with Gasteiger partial charge in [0, 0.05) is 24.1 Å². The van der Waals surface area contributed by atoms with Crippen molar-refractivity contribution in [3.05, 3.63) is 57.6 Å². The molecule has 1 N–H and O–H groups in total. The Labute approximate surface area is 231 Å². The highest BCUT2D eigenvalue weighted by molar-refractivity contribution is 5.99. The summed E-state index contributed by atoms with van der Waals surface area (Å²) in [7, 11) is 1.26. The molecular weight excluding hydrogens is 498 g/mol. The van der Waals surface area contributed by atoms with Gasteiger partial charge in [-0.3, -0.25) is 4.79 Å². The quantitative estimate of drug-likeness (QED) is 0.154. The largest absolute Gasteiger partial charge is 0.507 e. The molecule has 8 nitrogen and oxygen atoms in total. The molecule has 0 spiro atoms. The second-order valence-corrected chi connectivity index (χ2v) is 11.3. The molecule has 0 bridgehead atoms. The number of unbranched alkanes of at least 4 members (excludes halogenated alkanes) is 1. The SMILES string of the molecule is COC(=O)N=CCCCC(C)c1cc(O)c(C(=O)C(C)CCCc2cccc(OCCC(C)(C)C)c2)c(=O)o1. The molecule has 0 saturated heterocycles. The lowest BCUT2D eigenvalue weighted by molar-refractivity contribution is 0.0914. The minimum absolute atomic E-state index is 0.162. The van der Waals surface area contributed by atoms with Crippen LogP contribution in [0.2, 0.25) is 0 Å². The summed E-state index contributed by atoms with van der Waals surface area (Å²) >= 11 is 0. The molecule has 2 aromatic rings. The van der Waals surface area contributed by atoms with E-state index in [0.717, 1.165) is 30.6 Å². The number of carbonyl (C=O) groups excluding carboxylic acids is 2. The van der Waals surface area contributed by atoms with Crippen molar-refractivity contribution in [2.24, 2.45) is 16.3 Å². The van der Waals surface area contributed by atoms with Crippen molar-refractivity contribution in [3.8, 4) is 11.5 Å². The van der Waals surface area contributed by atoms with Crippen molar-refractivity contribution in [3.63, 3.8) is 0 Å². The number of Topliss-reactive ketones (excluding diaryl/α,β-unsaturated/α-hetero) is 1. The van der Waals surface area contributed by atoms with Gasteiger partial charge in [0.15, 0.2) is 5.78 Å². The number of benzene rings is 1. The molecule has 2 atom stereocenters. The molecule has 0 aliphatic rings. The molecule has 8 heteroatoms. The molecule has 1 amide bonds. The standard InChI is InChI=1S/C31H43NO7/c1-21(11-7-8-17-32-30(36)37-6)26-20-25(33)27(29(35)39-26)28(34)22(2)12-9-13-23-14-10-15-24(19-23)38-18-16-31(3,4)5/h10,14-15,17,19-22,33H,7-9,11-13,16,18H2,1-6H3. The normalized spacial score (nSPS) is 13.3. The summed E-state index contributed by atoms with van der Waals surface area (Å²) < 4.78 is 15.8. The molecule has 2 unspecified atom stereocenters. The maximum Gasteiger partial charge on any atom is 0.432 e. The smallest absolute Gasteiger partial charge is 0.432 e. The van der Waals surface area contributed by atoms with Gasteiger partial charge in [-0.25, -0.2) is 9.59 Å². The van der Waals surface area contributed by atoms with Crippen molar-refractivity contribution in [2.75, 3.05) is 13.7 Å². The zero-order valence-electron chi connectivity index (χ0n) is 24.1. The average molecular weight is 542 g/mol. The van der Waals surface area contributed by atoms with Gasteiger partial charge in [0.05, 0.1) is 13.7 Å². The van der Waals surface area contributed by atoms with Crippen LogP contribution >= 0.6 is 0 Å². The molecule has 1 aromatic heterocycles. The molecule has 0 radical (unpaired) electrons. The number of carbonyl (C=O) groups is 2. The minimum atomic E-state index is -0.818. The van der Waals surface area contributed by atoms with E-state index < -0.39 is 23.4 Å². The second-order valence-electron chi connectivity index (χ2n) is 11.3. The fourth-order valence-corrected chi connectivity index (χ4v) is 4.07. The van der Waals surface area contributed by atoms with E-state index in [0.29, 0.717) is 38.1 Å². The molecule has 2 rings (SSSR count). The van der Waals surface area contributed by atoms with Crippen LogP contribution in [0.15, 0.2) is 44.5 Å². The maximum absolute atomic E-state index is 13.0. The van der Waals surface area contributed by atoms with Crippen LogP contribution in [0.5, 0.6) is 11.5 Å². The highest BCUT2D eigenvalue weighted by Gasteiger charge is 2.25. The van der Waals surface area contributed by atoms with Crippen LogP contribution in [0.25, 0.3) is 0 Å². The van der Waals surface area contributed by atoms with Gasteiger partial charge in [-0.05, 0) is 68.1 Å². The summed E-state index contributed by atoms with van der Waals surface area (Å²) in [6.45, 7) is 10.8. The molecule has 214 valence electrons. The summed E-state index contributed by atoms with van der Waals surface area (Å²) in [5, 5.41) is 10.5. The van der Waals surface area contributed by atoms with Crippen molar-refractivity contribution < 1.29 is 28.6 Å². The first kappa shape index (κ1) is 31.8. The number of hydrogen-bond donors (Lipinski definition) is 1. The van der Waals surface area contributed by atoms with Crippen LogP contribution < -0.4 is 10.4 Å². The fourth-order valence-electron chi connectivity index (χ4n) is 4.07. The first-order valence-electron chi connectivity index (χ1n) is 13.6. The zero-order chi connectivity index (χ0) is 29.0. The second kappa shape index (κ2) is 15.2. The predicted octanol–water partition coefficient (Wildman–Crippen LogP) is 7.11. The zero-order valence-corrected chi connectivity index (χ0v) is 24.1. The van der Waals surface area contributed by atoms with Gasteiger partial charge in [0.1, 0.15) is 22.8 Å². The molecule has 0 aliphatic heterocycles. The topological polar surface area (TPSA) is 115 Å². The number of aryl methyl sites for hydroxylation is 1. The van der Waals surface area contributed by atoms with Gasteiger partial charge in [-0.15, -0.1) is 0 Å². The third kappa shape index (κ3) is 11.1. The number of rotatable bonds is 14. The van der Waals surface area contributed by atoms with Gasteiger partial charge in [-0.2, -0.15) is 4.99 Å². The average Bonchev–Trinajstić information content (AvgIpc) is 2.87.